The molecule has 7 nitrogen and oxygen atoms in total. The van der Waals surface area contributed by atoms with Crippen molar-refractivity contribution in [3.8, 4) is 22.8 Å². The van der Waals surface area contributed by atoms with Crippen molar-refractivity contribution in [3.63, 3.8) is 0 Å². The minimum absolute atomic E-state index is 0.0226. The van der Waals surface area contributed by atoms with E-state index in [1.807, 2.05) is 37.4 Å². The third kappa shape index (κ3) is 4.08. The molecule has 8 heteroatoms. The monoisotopic (exact) mass is 518 g/mol. The first-order chi connectivity index (χ1) is 16.4. The molecule has 4 fully saturated rings. The molecule has 0 radical (unpaired) electrons. The summed E-state index contributed by atoms with van der Waals surface area (Å²) in [4.78, 5) is 35.1. The van der Waals surface area contributed by atoms with Crippen LogP contribution in [0.3, 0.4) is 0 Å². The van der Waals surface area contributed by atoms with E-state index < -0.39 is 0 Å². The third-order valence-corrected chi connectivity index (χ3v) is 11.0. The van der Waals surface area contributed by atoms with Crippen LogP contribution in [-0.4, -0.2) is 52.1 Å². The van der Waals surface area contributed by atoms with Crippen molar-refractivity contribution in [1.82, 2.24) is 30.2 Å². The van der Waals surface area contributed by atoms with Gasteiger partial charge in [-0.05, 0) is 0 Å². The molecule has 4 saturated carbocycles. The normalized spacial score (nSPS) is 26.3. The van der Waals surface area contributed by atoms with Crippen LogP contribution >= 0.6 is 0 Å². The van der Waals surface area contributed by atoms with Gasteiger partial charge in [-0.15, -0.1) is 0 Å². The maximum absolute atomic E-state index is 11.8. The van der Waals surface area contributed by atoms with E-state index in [-0.39, 0.29) is 32.6 Å². The molecule has 0 saturated heterocycles. The number of fused-ring (bicyclic) bond motifs is 3. The van der Waals surface area contributed by atoms with Gasteiger partial charge in [-0.25, -0.2) is 0 Å². The summed E-state index contributed by atoms with van der Waals surface area (Å²) in [5.74, 6) is 1.13. The number of aromatic nitrogens is 5. The number of amides is 1. The number of rotatable bonds is 6. The molecule has 3 aromatic heterocycles. The number of nitrogens with zero attached hydrogens (tertiary/aromatic N) is 4. The Morgan fingerprint density at radius 3 is 2.47 bits per heavy atom. The number of aromatic amines is 1. The van der Waals surface area contributed by atoms with E-state index in [1.54, 1.807) is 6.92 Å². The first-order valence-electron chi connectivity index (χ1n) is 12.4. The van der Waals surface area contributed by atoms with E-state index >= 15 is 0 Å². The molecule has 4 aliphatic carbocycles. The van der Waals surface area contributed by atoms with Crippen molar-refractivity contribution < 1.29 is 4.79 Å². The van der Waals surface area contributed by atoms with Crippen LogP contribution in [0.25, 0.3) is 22.8 Å². The average Bonchev–Trinajstić information content (AvgIpc) is 3.52. The third-order valence-electron chi connectivity index (χ3n) is 7.85. The van der Waals surface area contributed by atoms with Crippen LogP contribution in [0.2, 0.25) is 4.71 Å². The number of H-pyrrole nitrogens is 1. The molecule has 0 aliphatic heterocycles. The van der Waals surface area contributed by atoms with E-state index in [2.05, 4.69) is 15.3 Å². The van der Waals surface area contributed by atoms with Crippen LogP contribution in [0.5, 0.6) is 0 Å². The van der Waals surface area contributed by atoms with Gasteiger partial charge in [-0.1, -0.05) is 0 Å². The Morgan fingerprint density at radius 2 is 1.79 bits per heavy atom. The van der Waals surface area contributed by atoms with Gasteiger partial charge >= 0.3 is 195 Å². The topological polar surface area (TPSA) is 96.5 Å². The summed E-state index contributed by atoms with van der Waals surface area (Å²) in [6, 6.07) is 8.10. The van der Waals surface area contributed by atoms with Crippen LogP contribution < -0.4 is 9.93 Å². The zero-order chi connectivity index (χ0) is 23.3. The van der Waals surface area contributed by atoms with E-state index in [0.717, 1.165) is 82.1 Å². The molecule has 176 valence electrons. The summed E-state index contributed by atoms with van der Waals surface area (Å²) >= 11 is -0.282. The Hall–Kier alpha value is -2.53. The van der Waals surface area contributed by atoms with Crippen LogP contribution in [0.4, 0.5) is 0 Å². The molecule has 34 heavy (non-hydrogen) atoms. The fourth-order valence-corrected chi connectivity index (χ4v) is 8.17. The van der Waals surface area contributed by atoms with Gasteiger partial charge < -0.3 is 0 Å². The van der Waals surface area contributed by atoms with Crippen molar-refractivity contribution in [2.24, 2.45) is 0 Å². The van der Waals surface area contributed by atoms with Gasteiger partial charge in [0.1, 0.15) is 0 Å². The Bertz CT molecular complexity index is 1230. The maximum atomic E-state index is 11.8. The van der Waals surface area contributed by atoms with Crippen molar-refractivity contribution in [2.75, 3.05) is 0 Å². The molecule has 3 aromatic rings. The number of nitrogens with one attached hydrogen (secondary N) is 2. The summed E-state index contributed by atoms with van der Waals surface area (Å²) in [5.41, 5.74) is 4.61. The van der Waals surface area contributed by atoms with Crippen molar-refractivity contribution >= 4 is 26.3 Å². The molecule has 1 unspecified atom stereocenters. The number of hydrogen-bond acceptors (Lipinski definition) is 5. The number of carbonyl (C=O) groups is 1. The predicted octanol–water partition coefficient (Wildman–Crippen LogP) is 3.36. The second-order valence-electron chi connectivity index (χ2n) is 10.4. The van der Waals surface area contributed by atoms with E-state index in [4.69, 9.17) is 15.0 Å². The van der Waals surface area contributed by atoms with E-state index in [0.29, 0.717) is 0 Å². The van der Waals surface area contributed by atoms with Gasteiger partial charge in [0.05, 0.1) is 0 Å². The molecule has 1 atom stereocenters. The number of imidazole rings is 1. The molecule has 0 spiro atoms. The fourth-order valence-electron chi connectivity index (χ4n) is 5.75. The van der Waals surface area contributed by atoms with Crippen LogP contribution in [0.15, 0.2) is 30.5 Å². The zero-order valence-corrected chi connectivity index (χ0v) is 21.9. The number of pyridine rings is 1. The standard InChI is InChI=1S/C26H31AsN6O/c1-16-4-3-5-19(29-16)21-22(20-8-15-28-24(30-20)27-18-6-7-18)32-23(31-21)25-9-12-26(13-10-25,14-11-25)33-17(2)34/h3-5,8,15,18,27H,6-7,9-14H2,1-2H3,(H,31,32)(H,33,34). The van der Waals surface area contributed by atoms with Gasteiger partial charge in [-0.3, -0.25) is 4.79 Å². The average molecular weight is 518 g/mol. The summed E-state index contributed by atoms with van der Waals surface area (Å²) in [6.07, 6.45) is 10.7. The molecule has 3 heterocycles. The summed E-state index contributed by atoms with van der Waals surface area (Å²) in [5, 5.41) is 3.26. The van der Waals surface area contributed by atoms with Gasteiger partial charge in [0.15, 0.2) is 0 Å². The zero-order valence-electron chi connectivity index (χ0n) is 19.8. The van der Waals surface area contributed by atoms with Gasteiger partial charge in [0, 0.05) is 6.92 Å². The molecular formula is C26H31AsN6O. The first-order valence-corrected chi connectivity index (χ1v) is 14.6. The Labute approximate surface area is 206 Å². The molecule has 1 amide bonds. The van der Waals surface area contributed by atoms with Crippen molar-refractivity contribution in [3.05, 3.63) is 42.0 Å². The molecule has 0 aromatic carbocycles. The predicted molar refractivity (Wildman–Crippen MR) is 133 cm³/mol. The van der Waals surface area contributed by atoms with E-state index in [1.165, 1.54) is 12.8 Å². The van der Waals surface area contributed by atoms with Gasteiger partial charge in [-0.2, -0.15) is 0 Å². The van der Waals surface area contributed by atoms with Crippen molar-refractivity contribution in [1.29, 1.82) is 0 Å². The number of carbonyl (C=O) groups excluding carboxylic acids is 1. The molecule has 4 aliphatic rings. The minimum atomic E-state index is -0.282. The van der Waals surface area contributed by atoms with Gasteiger partial charge in [0.2, 0.25) is 0 Å². The first kappa shape index (κ1) is 22.0. The second kappa shape index (κ2) is 8.30. The van der Waals surface area contributed by atoms with E-state index in [9.17, 15) is 4.79 Å². The SMILES string of the molecule is CC(=O)NC12CCC(c3nc(-c4cccc(C)n4)c(-c4ccnc([AsH]C5CC5)n4)[nH]3)(CC1)CC2. The van der Waals surface area contributed by atoms with Crippen LogP contribution in [0.1, 0.15) is 69.8 Å². The van der Waals surface area contributed by atoms with Crippen LogP contribution in [0, 0.1) is 6.92 Å². The molecule has 2 N–H and O–H groups in total. The Kier molecular flexibility index (Phi) is 5.36. The molecule has 7 rings (SSSR count). The summed E-state index contributed by atoms with van der Waals surface area (Å²) in [7, 11) is 0. The Morgan fingerprint density at radius 1 is 1.03 bits per heavy atom. The van der Waals surface area contributed by atoms with Gasteiger partial charge in [0.25, 0.3) is 0 Å². The summed E-state index contributed by atoms with van der Waals surface area (Å²) in [6.45, 7) is 3.65. The Balaban J connectivity index is 1.39. The van der Waals surface area contributed by atoms with Crippen molar-refractivity contribution in [2.45, 2.75) is 80.9 Å². The number of hydrogen-bond donors (Lipinski definition) is 2. The quantitative estimate of drug-likeness (QED) is 0.488. The molecule has 2 bridgehead atoms. The second-order valence-corrected chi connectivity index (χ2v) is 13.7. The summed E-state index contributed by atoms with van der Waals surface area (Å²) < 4.78 is 1.89. The fraction of sp³-hybridized carbons (Fsp3) is 0.500. The number of aryl methyl sites for hydroxylation is 1. The van der Waals surface area contributed by atoms with Crippen LogP contribution in [-0.2, 0) is 10.2 Å². The molecular weight excluding hydrogens is 487 g/mol.